The van der Waals surface area contributed by atoms with Gasteiger partial charge in [-0.05, 0) is 63.6 Å². The van der Waals surface area contributed by atoms with Crippen molar-refractivity contribution in [2.24, 2.45) is 4.99 Å². The van der Waals surface area contributed by atoms with Gasteiger partial charge in [0, 0.05) is 30.4 Å². The summed E-state index contributed by atoms with van der Waals surface area (Å²) in [5.74, 6) is 0.868. The molecule has 1 aliphatic rings. The second-order valence-electron chi connectivity index (χ2n) is 8.67. The molecule has 1 aliphatic heterocycles. The number of aromatic nitrogens is 1. The Balaban J connectivity index is 1.89. The molecule has 1 unspecified atom stereocenters. The summed E-state index contributed by atoms with van der Waals surface area (Å²) in [5.41, 5.74) is 3.24. The molecule has 1 aromatic heterocycles. The molecule has 0 fully saturated rings. The number of thiazole rings is 1. The van der Waals surface area contributed by atoms with Crippen molar-refractivity contribution in [3.63, 3.8) is 0 Å². The normalized spacial score (nSPS) is 15.1. The molecule has 0 N–H and O–H groups in total. The number of ether oxygens (including phenoxy) is 3. The lowest BCUT2D eigenvalue weighted by Gasteiger charge is -2.24. The molecule has 0 bridgehead atoms. The summed E-state index contributed by atoms with van der Waals surface area (Å²) in [6, 6.07) is 12.6. The summed E-state index contributed by atoms with van der Waals surface area (Å²) in [5, 5.41) is 0. The van der Waals surface area contributed by atoms with Crippen molar-refractivity contribution in [1.29, 1.82) is 0 Å². The van der Waals surface area contributed by atoms with Crippen LogP contribution in [0.3, 0.4) is 0 Å². The van der Waals surface area contributed by atoms with Crippen LogP contribution in [0.1, 0.15) is 44.9 Å². The molecule has 200 valence electrons. The minimum Gasteiger partial charge on any atom is -0.497 e. The SMILES string of the molecule is CCOC(=O)C1=C(C)N=c2sc(=Cc3ccc(N(CC)CC)cc3OC)c(=O)n2C1c1ccc(OC)cc1. The maximum absolute atomic E-state index is 13.9. The molecule has 0 radical (unpaired) electrons. The van der Waals surface area contributed by atoms with Crippen LogP contribution in [0, 0.1) is 0 Å². The van der Waals surface area contributed by atoms with Crippen molar-refractivity contribution in [2.45, 2.75) is 33.7 Å². The van der Waals surface area contributed by atoms with Gasteiger partial charge in [-0.1, -0.05) is 23.5 Å². The van der Waals surface area contributed by atoms with Crippen LogP contribution < -0.4 is 29.3 Å². The highest BCUT2D eigenvalue weighted by Gasteiger charge is 2.33. The third kappa shape index (κ3) is 5.11. The maximum atomic E-state index is 13.9. The zero-order valence-corrected chi connectivity index (χ0v) is 23.4. The number of hydrogen-bond donors (Lipinski definition) is 0. The maximum Gasteiger partial charge on any atom is 0.338 e. The van der Waals surface area contributed by atoms with Gasteiger partial charge in [0.05, 0.1) is 42.7 Å². The number of benzene rings is 2. The first-order valence-electron chi connectivity index (χ1n) is 12.6. The number of rotatable bonds is 9. The molecular formula is C29H33N3O5S. The van der Waals surface area contributed by atoms with E-state index in [1.807, 2.05) is 48.5 Å². The molecule has 0 amide bonds. The Morgan fingerprint density at radius 2 is 1.79 bits per heavy atom. The Kier molecular flexibility index (Phi) is 8.36. The number of carbonyl (C=O) groups excluding carboxylic acids is 1. The van der Waals surface area contributed by atoms with Crippen LogP contribution in [0.5, 0.6) is 11.5 Å². The molecular weight excluding hydrogens is 502 g/mol. The predicted molar refractivity (Wildman–Crippen MR) is 150 cm³/mol. The molecule has 9 heteroatoms. The fraction of sp³-hybridized carbons (Fsp3) is 0.345. The van der Waals surface area contributed by atoms with Gasteiger partial charge in [-0.25, -0.2) is 9.79 Å². The van der Waals surface area contributed by atoms with Gasteiger partial charge >= 0.3 is 5.97 Å². The first kappa shape index (κ1) is 27.2. The van der Waals surface area contributed by atoms with Crippen molar-refractivity contribution < 1.29 is 19.0 Å². The Bertz CT molecular complexity index is 1530. The molecule has 2 aromatic carbocycles. The van der Waals surface area contributed by atoms with E-state index in [4.69, 9.17) is 14.2 Å². The Labute approximate surface area is 226 Å². The largest absolute Gasteiger partial charge is 0.497 e. The summed E-state index contributed by atoms with van der Waals surface area (Å²) in [6.45, 7) is 9.72. The second kappa shape index (κ2) is 11.7. The van der Waals surface area contributed by atoms with E-state index in [0.717, 1.165) is 29.9 Å². The lowest BCUT2D eigenvalue weighted by Crippen LogP contribution is -2.39. The number of methoxy groups -OCH3 is 2. The Hall–Kier alpha value is -3.85. The molecule has 0 saturated carbocycles. The fourth-order valence-corrected chi connectivity index (χ4v) is 5.68. The lowest BCUT2D eigenvalue weighted by molar-refractivity contribution is -0.139. The third-order valence-electron chi connectivity index (χ3n) is 6.58. The summed E-state index contributed by atoms with van der Waals surface area (Å²) < 4.78 is 18.4. The van der Waals surface area contributed by atoms with Gasteiger partial charge in [-0.2, -0.15) is 0 Å². The number of allylic oxidation sites excluding steroid dienone is 1. The Morgan fingerprint density at radius 3 is 2.39 bits per heavy atom. The van der Waals surface area contributed by atoms with Gasteiger partial charge in [0.25, 0.3) is 5.56 Å². The summed E-state index contributed by atoms with van der Waals surface area (Å²) in [6.07, 6.45) is 1.82. The minimum absolute atomic E-state index is 0.221. The predicted octanol–water partition coefficient (Wildman–Crippen LogP) is 3.66. The highest BCUT2D eigenvalue weighted by Crippen LogP contribution is 2.32. The number of carbonyl (C=O) groups is 1. The van der Waals surface area contributed by atoms with Crippen molar-refractivity contribution in [2.75, 3.05) is 38.8 Å². The highest BCUT2D eigenvalue weighted by atomic mass is 32.1. The van der Waals surface area contributed by atoms with Crippen LogP contribution in [0.2, 0.25) is 0 Å². The van der Waals surface area contributed by atoms with Crippen LogP contribution in [0.15, 0.2) is 63.5 Å². The number of fused-ring (bicyclic) bond motifs is 1. The van der Waals surface area contributed by atoms with Gasteiger partial charge in [0.2, 0.25) is 0 Å². The molecule has 1 atom stereocenters. The van der Waals surface area contributed by atoms with Crippen LogP contribution in [-0.2, 0) is 9.53 Å². The van der Waals surface area contributed by atoms with Crippen molar-refractivity contribution in [1.82, 2.24) is 4.57 Å². The van der Waals surface area contributed by atoms with Crippen molar-refractivity contribution in [3.8, 4) is 11.5 Å². The van der Waals surface area contributed by atoms with E-state index < -0.39 is 12.0 Å². The van der Waals surface area contributed by atoms with Gasteiger partial charge in [-0.15, -0.1) is 0 Å². The van der Waals surface area contributed by atoms with Crippen LogP contribution >= 0.6 is 11.3 Å². The second-order valence-corrected chi connectivity index (χ2v) is 9.68. The number of anilines is 1. The highest BCUT2D eigenvalue weighted by molar-refractivity contribution is 7.07. The van der Waals surface area contributed by atoms with Crippen molar-refractivity contribution >= 4 is 29.1 Å². The standard InChI is InChI=1S/C29H33N3O5S/c1-7-31(8-2)21-13-10-20(23(17-21)36-6)16-24-27(33)32-26(19-11-14-22(35-5)15-12-19)25(28(34)37-9-3)18(4)30-29(32)38-24/h10-17,26H,7-9H2,1-6H3. The minimum atomic E-state index is -0.676. The topological polar surface area (TPSA) is 82.4 Å². The van der Waals surface area contributed by atoms with E-state index in [1.165, 1.54) is 11.3 Å². The van der Waals surface area contributed by atoms with E-state index in [1.54, 1.807) is 32.6 Å². The molecule has 4 rings (SSSR count). The van der Waals surface area contributed by atoms with E-state index in [9.17, 15) is 9.59 Å². The number of esters is 1. The van der Waals surface area contributed by atoms with Gasteiger partial charge in [0.1, 0.15) is 11.5 Å². The van der Waals surface area contributed by atoms with E-state index in [2.05, 4.69) is 23.7 Å². The van der Waals surface area contributed by atoms with Crippen LogP contribution in [-0.4, -0.2) is 44.5 Å². The fourth-order valence-electron chi connectivity index (χ4n) is 4.64. The smallest absolute Gasteiger partial charge is 0.338 e. The average molecular weight is 536 g/mol. The quantitative estimate of drug-likeness (QED) is 0.389. The van der Waals surface area contributed by atoms with E-state index in [0.29, 0.717) is 32.1 Å². The number of hydrogen-bond acceptors (Lipinski definition) is 8. The molecule has 8 nitrogen and oxygen atoms in total. The number of nitrogens with zero attached hydrogens (tertiary/aromatic N) is 3. The molecule has 38 heavy (non-hydrogen) atoms. The van der Waals surface area contributed by atoms with Gasteiger partial charge in [0.15, 0.2) is 4.80 Å². The summed E-state index contributed by atoms with van der Waals surface area (Å²) in [7, 11) is 3.22. The molecule has 3 aromatic rings. The third-order valence-corrected chi connectivity index (χ3v) is 7.56. The van der Waals surface area contributed by atoms with Crippen LogP contribution in [0.4, 0.5) is 5.69 Å². The zero-order chi connectivity index (χ0) is 27.4. The zero-order valence-electron chi connectivity index (χ0n) is 22.6. The van der Waals surface area contributed by atoms with Crippen molar-refractivity contribution in [3.05, 3.63) is 84.5 Å². The summed E-state index contributed by atoms with van der Waals surface area (Å²) in [4.78, 5) is 34.3. The molecule has 0 spiro atoms. The van der Waals surface area contributed by atoms with E-state index in [-0.39, 0.29) is 12.2 Å². The Morgan fingerprint density at radius 1 is 1.08 bits per heavy atom. The first-order valence-corrected chi connectivity index (χ1v) is 13.4. The van der Waals surface area contributed by atoms with Gasteiger partial charge < -0.3 is 19.1 Å². The van der Waals surface area contributed by atoms with Gasteiger partial charge in [-0.3, -0.25) is 9.36 Å². The monoisotopic (exact) mass is 535 g/mol. The van der Waals surface area contributed by atoms with E-state index >= 15 is 0 Å². The molecule has 0 saturated heterocycles. The lowest BCUT2D eigenvalue weighted by atomic mass is 9.96. The molecule has 2 heterocycles. The molecule has 0 aliphatic carbocycles. The average Bonchev–Trinajstić information content (AvgIpc) is 3.23. The summed E-state index contributed by atoms with van der Waals surface area (Å²) >= 11 is 1.28. The van der Waals surface area contributed by atoms with Crippen LogP contribution in [0.25, 0.3) is 6.08 Å². The first-order chi connectivity index (χ1) is 18.4.